The number of rotatable bonds is 7. The van der Waals surface area contributed by atoms with Crippen molar-refractivity contribution in [2.24, 2.45) is 5.92 Å². The summed E-state index contributed by atoms with van der Waals surface area (Å²) >= 11 is 1.61. The maximum atomic E-state index is 12.5. The van der Waals surface area contributed by atoms with E-state index in [4.69, 9.17) is 0 Å². The van der Waals surface area contributed by atoms with E-state index < -0.39 is 17.4 Å². The number of aliphatic hydroxyl groups is 1. The highest BCUT2D eigenvalue weighted by atomic mass is 32.2. The molecule has 0 aliphatic carbocycles. The molecule has 0 saturated heterocycles. The third kappa shape index (κ3) is 6.47. The van der Waals surface area contributed by atoms with Gasteiger partial charge in [0.15, 0.2) is 0 Å². The Hall–Kier alpha value is -2.06. The number of nitrogens with one attached hydrogen (secondary N) is 2. The van der Waals surface area contributed by atoms with Gasteiger partial charge in [0.2, 0.25) is 5.91 Å². The molecule has 0 radical (unpaired) electrons. The normalized spacial score (nSPS) is 15.4. The predicted octanol–water partition coefficient (Wildman–Crippen LogP) is 2.18. The average molecular weight is 422 g/mol. The molecule has 8 heteroatoms. The van der Waals surface area contributed by atoms with Crippen molar-refractivity contribution < 1.29 is 19.5 Å². The zero-order valence-corrected chi connectivity index (χ0v) is 18.4. The van der Waals surface area contributed by atoms with Crippen molar-refractivity contribution in [1.82, 2.24) is 5.32 Å². The molecule has 0 spiro atoms. The first-order valence-electron chi connectivity index (χ1n) is 9.89. The molecule has 29 heavy (non-hydrogen) atoms. The van der Waals surface area contributed by atoms with Gasteiger partial charge in [0, 0.05) is 30.4 Å². The second kappa shape index (κ2) is 10.1. The molecule has 1 atom stereocenters. The monoisotopic (exact) mass is 421 g/mol. The second-order valence-corrected chi connectivity index (χ2v) is 8.95. The quantitative estimate of drug-likeness (QED) is 0.586. The van der Waals surface area contributed by atoms with Crippen molar-refractivity contribution in [3.05, 3.63) is 23.8 Å². The van der Waals surface area contributed by atoms with Gasteiger partial charge < -0.3 is 20.6 Å². The minimum absolute atomic E-state index is 0.000664. The molecule has 0 unspecified atom stereocenters. The lowest BCUT2D eigenvalue weighted by molar-refractivity contribution is -0.136. The molecule has 1 aromatic carbocycles. The molecular formula is C21H31N3O4S. The van der Waals surface area contributed by atoms with Crippen LogP contribution in [0.3, 0.4) is 0 Å². The Morgan fingerprint density at radius 1 is 1.28 bits per heavy atom. The van der Waals surface area contributed by atoms with E-state index in [1.165, 1.54) is 0 Å². The third-order valence-corrected chi connectivity index (χ3v) is 5.51. The zero-order chi connectivity index (χ0) is 21.6. The molecule has 0 fully saturated rings. The van der Waals surface area contributed by atoms with Gasteiger partial charge in [-0.2, -0.15) is 11.8 Å². The molecule has 1 aromatic rings. The number of nitrogens with zero attached hydrogens (tertiary/aromatic N) is 1. The summed E-state index contributed by atoms with van der Waals surface area (Å²) < 4.78 is 0. The summed E-state index contributed by atoms with van der Waals surface area (Å²) in [5, 5.41) is 15.3. The van der Waals surface area contributed by atoms with E-state index in [1.54, 1.807) is 35.7 Å². The van der Waals surface area contributed by atoms with E-state index >= 15 is 0 Å². The molecule has 1 heterocycles. The molecule has 2 rings (SSSR count). The number of amides is 3. The van der Waals surface area contributed by atoms with Gasteiger partial charge in [-0.3, -0.25) is 14.4 Å². The molecule has 0 bridgehead atoms. The maximum Gasteiger partial charge on any atom is 0.313 e. The van der Waals surface area contributed by atoms with Crippen LogP contribution in [0, 0.1) is 5.92 Å². The number of carbonyl (C=O) groups is 3. The highest BCUT2D eigenvalue weighted by molar-refractivity contribution is 7.98. The largest absolute Gasteiger partial charge is 0.388 e. The minimum atomic E-state index is -1.07. The van der Waals surface area contributed by atoms with Crippen LogP contribution in [0.15, 0.2) is 18.2 Å². The Balaban J connectivity index is 2.03. The fourth-order valence-corrected chi connectivity index (χ4v) is 3.79. The Bertz CT molecular complexity index is 764. The summed E-state index contributed by atoms with van der Waals surface area (Å²) in [6, 6.07) is 5.37. The van der Waals surface area contributed by atoms with Gasteiger partial charge >= 0.3 is 11.8 Å². The SMILES string of the molecule is CSCC[C@@](C)(O)CNC(=O)C(=O)Nc1ccc2c(c1)N(C(=O)C(C)C)CCC2. The number of hydrogen-bond acceptors (Lipinski definition) is 5. The lowest BCUT2D eigenvalue weighted by atomic mass is 9.99. The van der Waals surface area contributed by atoms with Crippen LogP contribution in [0.1, 0.15) is 39.2 Å². The van der Waals surface area contributed by atoms with Gasteiger partial charge in [-0.1, -0.05) is 19.9 Å². The molecule has 0 aromatic heterocycles. The maximum absolute atomic E-state index is 12.5. The standard InChI is InChI=1S/C21H31N3O4S/c1-14(2)20(27)24-10-5-6-15-7-8-16(12-17(15)24)23-19(26)18(25)22-13-21(3,28)9-11-29-4/h7-8,12,14,28H,5-6,9-11,13H2,1-4H3,(H,22,25)(H,23,26)/t21-/m1/s1. The van der Waals surface area contributed by atoms with Crippen LogP contribution in [0.5, 0.6) is 0 Å². The van der Waals surface area contributed by atoms with E-state index in [9.17, 15) is 19.5 Å². The van der Waals surface area contributed by atoms with Gasteiger partial charge in [0.1, 0.15) is 0 Å². The van der Waals surface area contributed by atoms with E-state index in [-0.39, 0.29) is 18.4 Å². The highest BCUT2D eigenvalue weighted by Gasteiger charge is 2.26. The highest BCUT2D eigenvalue weighted by Crippen LogP contribution is 2.31. The van der Waals surface area contributed by atoms with Crippen molar-refractivity contribution in [3.63, 3.8) is 0 Å². The van der Waals surface area contributed by atoms with E-state index in [1.807, 2.05) is 26.2 Å². The smallest absolute Gasteiger partial charge is 0.313 e. The number of fused-ring (bicyclic) bond motifs is 1. The molecular weight excluding hydrogens is 390 g/mol. The molecule has 3 amide bonds. The van der Waals surface area contributed by atoms with Crippen LogP contribution < -0.4 is 15.5 Å². The number of benzene rings is 1. The predicted molar refractivity (Wildman–Crippen MR) is 117 cm³/mol. The second-order valence-electron chi connectivity index (χ2n) is 7.97. The van der Waals surface area contributed by atoms with Gasteiger partial charge in [-0.05, 0) is 55.9 Å². The first-order valence-corrected chi connectivity index (χ1v) is 11.3. The number of hydrogen-bond donors (Lipinski definition) is 3. The number of carbonyl (C=O) groups excluding carboxylic acids is 3. The Labute approximate surface area is 176 Å². The summed E-state index contributed by atoms with van der Waals surface area (Å²) in [5.74, 6) is -0.926. The van der Waals surface area contributed by atoms with E-state index in [2.05, 4.69) is 10.6 Å². The minimum Gasteiger partial charge on any atom is -0.388 e. The molecule has 0 saturated carbocycles. The topological polar surface area (TPSA) is 98.7 Å². The lowest BCUT2D eigenvalue weighted by Crippen LogP contribution is -2.45. The Morgan fingerprint density at radius 2 is 2.00 bits per heavy atom. The molecule has 1 aliphatic rings. The van der Waals surface area contributed by atoms with Crippen molar-refractivity contribution in [3.8, 4) is 0 Å². The average Bonchev–Trinajstić information content (AvgIpc) is 2.69. The Kier molecular flexibility index (Phi) is 8.10. The molecule has 160 valence electrons. The van der Waals surface area contributed by atoms with Gasteiger partial charge in [0.25, 0.3) is 0 Å². The van der Waals surface area contributed by atoms with Gasteiger partial charge in [-0.15, -0.1) is 0 Å². The van der Waals surface area contributed by atoms with Crippen LogP contribution >= 0.6 is 11.8 Å². The summed E-state index contributed by atoms with van der Waals surface area (Å²) in [6.07, 6.45) is 4.23. The third-order valence-electron chi connectivity index (χ3n) is 4.90. The number of aryl methyl sites for hydroxylation is 1. The van der Waals surface area contributed by atoms with Crippen LogP contribution in [0.4, 0.5) is 11.4 Å². The van der Waals surface area contributed by atoms with Crippen molar-refractivity contribution in [2.75, 3.05) is 35.3 Å². The van der Waals surface area contributed by atoms with Crippen LogP contribution in [-0.4, -0.2) is 53.5 Å². The van der Waals surface area contributed by atoms with Gasteiger partial charge in [0.05, 0.1) is 5.60 Å². The summed E-state index contributed by atoms with van der Waals surface area (Å²) in [4.78, 5) is 38.6. The van der Waals surface area contributed by atoms with Crippen molar-refractivity contribution in [1.29, 1.82) is 0 Å². The van der Waals surface area contributed by atoms with Crippen LogP contribution in [-0.2, 0) is 20.8 Å². The number of thioether (sulfide) groups is 1. The van der Waals surface area contributed by atoms with Crippen LogP contribution in [0.25, 0.3) is 0 Å². The fraction of sp³-hybridized carbons (Fsp3) is 0.571. The Morgan fingerprint density at radius 3 is 2.66 bits per heavy atom. The first-order chi connectivity index (χ1) is 13.6. The summed E-state index contributed by atoms with van der Waals surface area (Å²) in [7, 11) is 0. The van der Waals surface area contributed by atoms with E-state index in [0.717, 1.165) is 29.8 Å². The summed E-state index contributed by atoms with van der Waals surface area (Å²) in [6.45, 7) is 6.00. The fourth-order valence-electron chi connectivity index (χ4n) is 3.14. The van der Waals surface area contributed by atoms with Gasteiger partial charge in [-0.25, -0.2) is 0 Å². The lowest BCUT2D eigenvalue weighted by Gasteiger charge is -2.31. The first kappa shape index (κ1) is 23.2. The van der Waals surface area contributed by atoms with Crippen molar-refractivity contribution in [2.45, 2.75) is 45.6 Å². The summed E-state index contributed by atoms with van der Waals surface area (Å²) in [5.41, 5.74) is 1.23. The number of anilines is 2. The molecule has 3 N–H and O–H groups in total. The van der Waals surface area contributed by atoms with E-state index in [0.29, 0.717) is 18.7 Å². The van der Waals surface area contributed by atoms with Crippen molar-refractivity contribution >= 4 is 40.9 Å². The molecule has 7 nitrogen and oxygen atoms in total. The van der Waals surface area contributed by atoms with Crippen LogP contribution in [0.2, 0.25) is 0 Å². The zero-order valence-electron chi connectivity index (χ0n) is 17.6. The molecule has 1 aliphatic heterocycles.